The van der Waals surface area contributed by atoms with Gasteiger partial charge in [0.25, 0.3) is 0 Å². The molecule has 0 saturated carbocycles. The van der Waals surface area contributed by atoms with Crippen molar-refractivity contribution in [2.24, 2.45) is 29.2 Å². The quantitative estimate of drug-likeness (QED) is 0.0358. The summed E-state index contributed by atoms with van der Waals surface area (Å²) in [6, 6.07) is 1.28. The predicted octanol–water partition coefficient (Wildman–Crippen LogP) is -0.160. The Kier molecular flexibility index (Phi) is 26.0. The van der Waals surface area contributed by atoms with Gasteiger partial charge in [0, 0.05) is 6.92 Å². The van der Waals surface area contributed by atoms with Crippen LogP contribution in [0.5, 0.6) is 0 Å². The molecule has 0 aromatic heterocycles. The van der Waals surface area contributed by atoms with E-state index < -0.39 is 96.2 Å². The Labute approximate surface area is 361 Å². The minimum atomic E-state index is -1.54. The van der Waals surface area contributed by atoms with Crippen LogP contribution in [0.15, 0.2) is 30.3 Å². The first-order valence-electron chi connectivity index (χ1n) is 21.5. The number of aldehydes is 1. The van der Waals surface area contributed by atoms with Gasteiger partial charge in [-0.15, -0.1) is 0 Å². The fourth-order valence-electron chi connectivity index (χ4n) is 6.49. The van der Waals surface area contributed by atoms with Crippen LogP contribution in [0.1, 0.15) is 105 Å². The molecule has 1 rings (SSSR count). The van der Waals surface area contributed by atoms with Gasteiger partial charge >= 0.3 is 0 Å². The molecule has 0 fully saturated rings. The number of hydrogen-bond donors (Lipinski definition) is 10. The van der Waals surface area contributed by atoms with Crippen molar-refractivity contribution in [2.45, 2.75) is 149 Å². The second-order valence-electron chi connectivity index (χ2n) is 16.4. The summed E-state index contributed by atoms with van der Waals surface area (Å²) in [5.41, 5.74) is 12.1. The fourth-order valence-corrected chi connectivity index (χ4v) is 6.49. The highest BCUT2D eigenvalue weighted by molar-refractivity contribution is 5.97. The van der Waals surface area contributed by atoms with E-state index in [9.17, 15) is 43.5 Å². The van der Waals surface area contributed by atoms with Gasteiger partial charge in [0.1, 0.15) is 42.5 Å². The number of benzene rings is 1. The number of carbonyl (C=O) groups is 8. The highest BCUT2D eigenvalue weighted by Gasteiger charge is 2.35. The third-order valence-corrected chi connectivity index (χ3v) is 10.2. The molecule has 0 aliphatic rings. The van der Waals surface area contributed by atoms with E-state index in [2.05, 4.69) is 37.2 Å². The number of amides is 7. The smallest absolute Gasteiger partial charge is 0.245 e. The van der Waals surface area contributed by atoms with Gasteiger partial charge in [-0.2, -0.15) is 0 Å². The number of nitrogens with two attached hydrogens (primary N) is 2. The van der Waals surface area contributed by atoms with Crippen LogP contribution in [-0.4, -0.2) is 115 Å². The van der Waals surface area contributed by atoms with Crippen molar-refractivity contribution >= 4 is 47.6 Å². The number of rotatable bonds is 30. The molecular formula is C43H73N9O9. The van der Waals surface area contributed by atoms with Crippen molar-refractivity contribution in [1.82, 2.24) is 37.2 Å². The van der Waals surface area contributed by atoms with Crippen molar-refractivity contribution < 1.29 is 43.5 Å². The average Bonchev–Trinajstić information content (AvgIpc) is 3.21. The summed E-state index contributed by atoms with van der Waals surface area (Å²) < 4.78 is 0. The summed E-state index contributed by atoms with van der Waals surface area (Å²) in [6.45, 7) is 11.8. The van der Waals surface area contributed by atoms with Crippen LogP contribution in [0.2, 0.25) is 0 Å². The van der Waals surface area contributed by atoms with E-state index in [-0.39, 0.29) is 31.1 Å². The molecule has 12 N–H and O–H groups in total. The molecule has 0 saturated heterocycles. The number of aliphatic hydroxyl groups excluding tert-OH is 1. The minimum absolute atomic E-state index is 0.116. The van der Waals surface area contributed by atoms with Gasteiger partial charge in [-0.3, -0.25) is 33.6 Å². The summed E-state index contributed by atoms with van der Waals surface area (Å²) in [7, 11) is 0. The molecule has 1 aromatic rings. The zero-order valence-corrected chi connectivity index (χ0v) is 37.1. The molecular weight excluding hydrogens is 787 g/mol. The molecule has 18 heteroatoms. The zero-order chi connectivity index (χ0) is 46.1. The molecule has 0 aliphatic heterocycles. The Balaban J connectivity index is 3.22. The topological polar surface area (TPSA) is 293 Å². The molecule has 0 aliphatic carbocycles. The third kappa shape index (κ3) is 20.5. The van der Waals surface area contributed by atoms with E-state index in [4.69, 9.17) is 11.5 Å². The average molecular weight is 860 g/mol. The van der Waals surface area contributed by atoms with Gasteiger partial charge < -0.3 is 58.6 Å². The largest absolute Gasteiger partial charge is 0.394 e. The van der Waals surface area contributed by atoms with Gasteiger partial charge in [0.15, 0.2) is 0 Å². The molecule has 0 heterocycles. The van der Waals surface area contributed by atoms with E-state index in [1.807, 2.05) is 51.1 Å². The lowest BCUT2D eigenvalue weighted by Gasteiger charge is -2.29. The molecule has 1 aromatic carbocycles. The maximum atomic E-state index is 13.8. The van der Waals surface area contributed by atoms with Gasteiger partial charge in [0.05, 0.1) is 12.6 Å². The number of hydrogen-bond acceptors (Lipinski definition) is 11. The first kappa shape index (κ1) is 54.1. The molecule has 61 heavy (non-hydrogen) atoms. The first-order chi connectivity index (χ1) is 28.9. The van der Waals surface area contributed by atoms with Crippen LogP contribution in [0.4, 0.5) is 0 Å². The summed E-state index contributed by atoms with van der Waals surface area (Å²) >= 11 is 0. The van der Waals surface area contributed by atoms with Crippen LogP contribution in [0.3, 0.4) is 0 Å². The van der Waals surface area contributed by atoms with E-state index in [0.717, 1.165) is 5.56 Å². The summed E-state index contributed by atoms with van der Waals surface area (Å²) in [5, 5.41) is 28.9. The molecule has 0 bridgehead atoms. The van der Waals surface area contributed by atoms with Crippen LogP contribution in [-0.2, 0) is 44.8 Å². The van der Waals surface area contributed by atoms with E-state index in [0.29, 0.717) is 57.9 Å². The Morgan fingerprint density at radius 2 is 1.10 bits per heavy atom. The number of carbonyl (C=O) groups excluding carboxylic acids is 8. The lowest BCUT2D eigenvalue weighted by atomic mass is 9.96. The second kappa shape index (κ2) is 29.3. The molecule has 0 spiro atoms. The number of nitrogens with one attached hydrogen (secondary N) is 7. The van der Waals surface area contributed by atoms with Crippen molar-refractivity contribution in [1.29, 1.82) is 0 Å². The Bertz CT molecular complexity index is 1550. The van der Waals surface area contributed by atoms with E-state index in [1.54, 1.807) is 20.8 Å². The summed E-state index contributed by atoms with van der Waals surface area (Å²) in [6.07, 6.45) is 4.07. The van der Waals surface area contributed by atoms with Crippen LogP contribution < -0.4 is 48.7 Å². The van der Waals surface area contributed by atoms with Crippen molar-refractivity contribution in [3.05, 3.63) is 35.9 Å². The number of unbranched alkanes of at least 4 members (excludes halogenated alkanes) is 2. The molecule has 7 amide bonds. The third-order valence-electron chi connectivity index (χ3n) is 10.2. The van der Waals surface area contributed by atoms with Crippen molar-refractivity contribution in [3.8, 4) is 0 Å². The monoisotopic (exact) mass is 860 g/mol. The van der Waals surface area contributed by atoms with Gasteiger partial charge in [0.2, 0.25) is 41.4 Å². The fraction of sp³-hybridized carbons (Fsp3) is 0.674. The highest BCUT2D eigenvalue weighted by atomic mass is 16.3. The lowest BCUT2D eigenvalue weighted by Crippen LogP contribution is -2.61. The summed E-state index contributed by atoms with van der Waals surface area (Å²) in [4.78, 5) is 106. The normalized spacial score (nSPS) is 15.1. The molecule has 8 atom stereocenters. The lowest BCUT2D eigenvalue weighted by molar-refractivity contribution is -0.136. The van der Waals surface area contributed by atoms with Gasteiger partial charge in [-0.1, -0.05) is 78.3 Å². The Hall–Kier alpha value is -4.94. The first-order valence-corrected chi connectivity index (χ1v) is 21.5. The molecule has 18 nitrogen and oxygen atoms in total. The van der Waals surface area contributed by atoms with Gasteiger partial charge in [-0.05, 0) is 87.8 Å². The molecule has 0 radical (unpaired) electrons. The Morgan fingerprint density at radius 1 is 0.623 bits per heavy atom. The highest BCUT2D eigenvalue weighted by Crippen LogP contribution is 2.13. The SMILES string of the molecule is CC[C@H](C)[C@H](NC(=O)[C@H](CCCCN)NC(=O)[C@H](CO)NC(=O)[C@H](CC(C)C)NC(=O)[C@@H](NC(=O)[C@H](CCCCN)NC(C)=O)C(C)C)C(=O)N[C@H](C=O)Cc1ccccc1. The predicted molar refractivity (Wildman–Crippen MR) is 232 cm³/mol. The van der Waals surface area contributed by atoms with E-state index >= 15 is 0 Å². The van der Waals surface area contributed by atoms with Crippen LogP contribution >= 0.6 is 0 Å². The maximum absolute atomic E-state index is 13.8. The van der Waals surface area contributed by atoms with Gasteiger partial charge in [-0.25, -0.2) is 0 Å². The minimum Gasteiger partial charge on any atom is -0.394 e. The zero-order valence-electron chi connectivity index (χ0n) is 37.1. The number of aliphatic hydroxyl groups is 1. The maximum Gasteiger partial charge on any atom is 0.245 e. The Morgan fingerprint density at radius 3 is 1.57 bits per heavy atom. The van der Waals surface area contributed by atoms with E-state index in [1.165, 1.54) is 6.92 Å². The molecule has 0 unspecified atom stereocenters. The molecule has 344 valence electrons. The standard InChI is InChI=1S/C43H73N9O9/c1-8-28(6)37(43(61)47-31(24-53)23-30-16-10-9-11-17-30)52-39(57)33(19-13-15-21-45)48-41(59)35(25-54)50-40(58)34(22-26(2)3)49-42(60)36(27(4)5)51-38(56)32(46-29(7)55)18-12-14-20-44/h9-11,16-17,24,26-28,31-37,54H,8,12-15,18-23,25,44-45H2,1-7H3,(H,46,55)(H,47,61)(H,48,59)(H,49,60)(H,50,58)(H,51,56)(H,52,57)/t28-,31-,32-,33-,34-,35-,36-,37-/m0/s1. The van der Waals surface area contributed by atoms with Crippen LogP contribution in [0, 0.1) is 17.8 Å². The van der Waals surface area contributed by atoms with Crippen molar-refractivity contribution in [2.75, 3.05) is 19.7 Å². The second-order valence-corrected chi connectivity index (χ2v) is 16.4. The van der Waals surface area contributed by atoms with Crippen LogP contribution in [0.25, 0.3) is 0 Å². The summed E-state index contributed by atoms with van der Waals surface area (Å²) in [5.74, 6) is -5.53. The van der Waals surface area contributed by atoms with Crippen molar-refractivity contribution in [3.63, 3.8) is 0 Å².